The summed E-state index contributed by atoms with van der Waals surface area (Å²) >= 11 is 0. The average Bonchev–Trinajstić information content (AvgIpc) is 2.82. The zero-order valence-electron chi connectivity index (χ0n) is 16.6. The van der Waals surface area contributed by atoms with Crippen molar-refractivity contribution in [3.63, 3.8) is 0 Å². The number of aromatic nitrogens is 1. The van der Waals surface area contributed by atoms with Gasteiger partial charge in [-0.3, -0.25) is 9.59 Å². The number of methoxy groups -OCH3 is 1. The summed E-state index contributed by atoms with van der Waals surface area (Å²) < 4.78 is 4.98. The Balaban J connectivity index is 1.77. The number of benzene rings is 3. The zero-order chi connectivity index (χ0) is 20.9. The highest BCUT2D eigenvalue weighted by atomic mass is 16.5. The molecule has 30 heavy (non-hydrogen) atoms. The summed E-state index contributed by atoms with van der Waals surface area (Å²) in [5, 5.41) is 0.777. The molecule has 0 saturated carbocycles. The van der Waals surface area contributed by atoms with Crippen LogP contribution in [0.4, 0.5) is 0 Å². The van der Waals surface area contributed by atoms with Crippen molar-refractivity contribution in [3.05, 3.63) is 102 Å². The fraction of sp³-hybridized carbons (Fsp3) is 0.115. The molecular formula is C26H21NO3. The molecule has 4 nitrogen and oxygen atoms in total. The van der Waals surface area contributed by atoms with Gasteiger partial charge in [0, 0.05) is 22.9 Å². The molecule has 0 saturated heterocycles. The van der Waals surface area contributed by atoms with Crippen LogP contribution in [-0.4, -0.2) is 23.8 Å². The maximum Gasteiger partial charge on any atom is 0.313 e. The number of carbonyl (C=O) groups is 2. The van der Waals surface area contributed by atoms with Crippen LogP contribution in [-0.2, 0) is 9.53 Å². The van der Waals surface area contributed by atoms with Gasteiger partial charge in [-0.1, -0.05) is 78.9 Å². The van der Waals surface area contributed by atoms with Gasteiger partial charge in [0.2, 0.25) is 0 Å². The van der Waals surface area contributed by atoms with Gasteiger partial charge in [-0.15, -0.1) is 0 Å². The van der Waals surface area contributed by atoms with Gasteiger partial charge in [0.25, 0.3) is 0 Å². The molecule has 4 heteroatoms. The van der Waals surface area contributed by atoms with E-state index in [4.69, 9.17) is 9.72 Å². The Bertz CT molecular complexity index is 1190. The smallest absolute Gasteiger partial charge is 0.313 e. The first-order valence-corrected chi connectivity index (χ1v) is 9.78. The molecular weight excluding hydrogens is 374 g/mol. The predicted octanol–water partition coefficient (Wildman–Crippen LogP) is 5.43. The van der Waals surface area contributed by atoms with Crippen LogP contribution in [0.25, 0.3) is 22.2 Å². The number of rotatable bonds is 6. The number of pyridine rings is 1. The van der Waals surface area contributed by atoms with Gasteiger partial charge in [-0.05, 0) is 17.7 Å². The van der Waals surface area contributed by atoms with Crippen LogP contribution in [0, 0.1) is 0 Å². The van der Waals surface area contributed by atoms with Gasteiger partial charge >= 0.3 is 5.97 Å². The predicted molar refractivity (Wildman–Crippen MR) is 117 cm³/mol. The van der Waals surface area contributed by atoms with E-state index in [1.165, 1.54) is 7.11 Å². The van der Waals surface area contributed by atoms with Gasteiger partial charge in [-0.25, -0.2) is 4.98 Å². The largest absolute Gasteiger partial charge is 0.469 e. The molecule has 0 aliphatic rings. The number of ether oxygens (including phenoxy) is 1. The van der Waals surface area contributed by atoms with Crippen LogP contribution in [0.5, 0.6) is 0 Å². The summed E-state index contributed by atoms with van der Waals surface area (Å²) in [5.74, 6) is -1.20. The molecule has 0 amide bonds. The third-order valence-electron chi connectivity index (χ3n) is 5.16. The summed E-state index contributed by atoms with van der Waals surface area (Å²) in [6.07, 6.45) is 0.0267. The molecule has 0 fully saturated rings. The van der Waals surface area contributed by atoms with Crippen molar-refractivity contribution in [1.29, 1.82) is 0 Å². The summed E-state index contributed by atoms with van der Waals surface area (Å²) in [4.78, 5) is 30.6. The van der Waals surface area contributed by atoms with Crippen molar-refractivity contribution < 1.29 is 14.3 Å². The van der Waals surface area contributed by atoms with Gasteiger partial charge in [0.15, 0.2) is 5.78 Å². The lowest BCUT2D eigenvalue weighted by Crippen LogP contribution is -2.18. The first-order valence-electron chi connectivity index (χ1n) is 9.78. The maximum absolute atomic E-state index is 13.4. The molecule has 0 N–H and O–H groups in total. The quantitative estimate of drug-likeness (QED) is 0.323. The molecule has 148 valence electrons. The number of nitrogens with zero attached hydrogens (tertiary/aromatic N) is 1. The van der Waals surface area contributed by atoms with Crippen molar-refractivity contribution in [1.82, 2.24) is 4.98 Å². The Morgan fingerprint density at radius 3 is 2.20 bits per heavy atom. The lowest BCUT2D eigenvalue weighted by Gasteiger charge is -2.15. The second-order valence-electron chi connectivity index (χ2n) is 7.05. The minimum Gasteiger partial charge on any atom is -0.469 e. The first kappa shape index (κ1) is 19.5. The monoisotopic (exact) mass is 395 g/mol. The van der Waals surface area contributed by atoms with Gasteiger partial charge in [0.05, 0.1) is 24.2 Å². The number of hydrogen-bond donors (Lipinski definition) is 0. The standard InChI is InChI=1S/C26H21NO3/c1-30-26(29)21(18-10-4-2-5-11-18)17-25(28)22-16-24(19-12-6-3-7-13-19)27-23-15-9-8-14-20(22)23/h2-16,21H,17H2,1H3/t21-/m1/s1. The summed E-state index contributed by atoms with van der Waals surface area (Å²) in [6, 6.07) is 28.4. The van der Waals surface area contributed by atoms with E-state index < -0.39 is 11.9 Å². The Labute approximate surface area is 175 Å². The maximum atomic E-state index is 13.4. The van der Waals surface area contributed by atoms with Crippen LogP contribution in [0.15, 0.2) is 91.0 Å². The van der Waals surface area contributed by atoms with Crippen molar-refractivity contribution in [2.45, 2.75) is 12.3 Å². The van der Waals surface area contributed by atoms with E-state index in [1.807, 2.05) is 91.0 Å². The minimum atomic E-state index is -0.657. The average molecular weight is 395 g/mol. The van der Waals surface area contributed by atoms with Crippen LogP contribution in [0.3, 0.4) is 0 Å². The third-order valence-corrected chi connectivity index (χ3v) is 5.16. The van der Waals surface area contributed by atoms with E-state index in [-0.39, 0.29) is 12.2 Å². The number of esters is 1. The molecule has 3 aromatic carbocycles. The summed E-state index contributed by atoms with van der Waals surface area (Å²) in [7, 11) is 1.35. The highest BCUT2D eigenvalue weighted by Gasteiger charge is 2.26. The number of fused-ring (bicyclic) bond motifs is 1. The molecule has 0 unspecified atom stereocenters. The van der Waals surface area contributed by atoms with Crippen molar-refractivity contribution >= 4 is 22.7 Å². The molecule has 4 rings (SSSR count). The Hall–Kier alpha value is -3.79. The molecule has 0 bridgehead atoms. The molecule has 0 radical (unpaired) electrons. The fourth-order valence-corrected chi connectivity index (χ4v) is 3.62. The highest BCUT2D eigenvalue weighted by molar-refractivity contribution is 6.09. The van der Waals surface area contributed by atoms with Crippen molar-refractivity contribution in [3.8, 4) is 11.3 Å². The summed E-state index contributed by atoms with van der Waals surface area (Å²) in [5.41, 5.74) is 3.73. The van der Waals surface area contributed by atoms with Crippen LogP contribution >= 0.6 is 0 Å². The molecule has 0 spiro atoms. The van der Waals surface area contributed by atoms with Gasteiger partial charge in [-0.2, -0.15) is 0 Å². The van der Waals surface area contributed by atoms with Crippen LogP contribution in [0.1, 0.15) is 28.3 Å². The molecule has 1 aromatic heterocycles. The third kappa shape index (κ3) is 3.98. The molecule has 4 aromatic rings. The van der Waals surface area contributed by atoms with Gasteiger partial charge in [0.1, 0.15) is 0 Å². The molecule has 1 heterocycles. The number of ketones is 1. The minimum absolute atomic E-state index is 0.0267. The Morgan fingerprint density at radius 1 is 0.867 bits per heavy atom. The highest BCUT2D eigenvalue weighted by Crippen LogP contribution is 2.29. The van der Waals surface area contributed by atoms with Crippen molar-refractivity contribution in [2.24, 2.45) is 0 Å². The zero-order valence-corrected chi connectivity index (χ0v) is 16.6. The number of hydrogen-bond acceptors (Lipinski definition) is 4. The number of carbonyl (C=O) groups excluding carboxylic acids is 2. The SMILES string of the molecule is COC(=O)[C@H](CC(=O)c1cc(-c2ccccc2)nc2ccccc12)c1ccccc1. The van der Waals surface area contributed by atoms with E-state index in [9.17, 15) is 9.59 Å². The summed E-state index contributed by atoms with van der Waals surface area (Å²) in [6.45, 7) is 0. The lowest BCUT2D eigenvalue weighted by molar-refractivity contribution is -0.142. The molecule has 0 aliphatic heterocycles. The number of Topliss-reactive ketones (excluding diaryl/α,β-unsaturated/α-hetero) is 1. The van der Waals surface area contributed by atoms with Crippen molar-refractivity contribution in [2.75, 3.05) is 7.11 Å². The van der Waals surface area contributed by atoms with E-state index in [1.54, 1.807) is 0 Å². The van der Waals surface area contributed by atoms with Crippen LogP contribution < -0.4 is 0 Å². The topological polar surface area (TPSA) is 56.3 Å². The van der Waals surface area contributed by atoms with E-state index in [2.05, 4.69) is 0 Å². The van der Waals surface area contributed by atoms with E-state index >= 15 is 0 Å². The van der Waals surface area contributed by atoms with E-state index in [0.717, 1.165) is 27.7 Å². The first-order chi connectivity index (χ1) is 14.7. The molecule has 0 aliphatic carbocycles. The second-order valence-corrected chi connectivity index (χ2v) is 7.05. The lowest BCUT2D eigenvalue weighted by atomic mass is 9.90. The van der Waals surface area contributed by atoms with Gasteiger partial charge < -0.3 is 4.74 Å². The molecule has 1 atom stereocenters. The fourth-order valence-electron chi connectivity index (χ4n) is 3.62. The second kappa shape index (κ2) is 8.70. The van der Waals surface area contributed by atoms with Crippen LogP contribution in [0.2, 0.25) is 0 Å². The Kier molecular flexibility index (Phi) is 5.66. The van der Waals surface area contributed by atoms with E-state index in [0.29, 0.717) is 5.56 Å². The Morgan fingerprint density at radius 2 is 1.50 bits per heavy atom. The number of para-hydroxylation sites is 1. The normalized spacial score (nSPS) is 11.8.